The van der Waals surface area contributed by atoms with Crippen molar-refractivity contribution in [2.45, 2.75) is 45.8 Å². The monoisotopic (exact) mass is 257 g/mol. The first kappa shape index (κ1) is 13.8. The van der Waals surface area contributed by atoms with Crippen molar-refractivity contribution in [2.24, 2.45) is 0 Å². The second-order valence-electron chi connectivity index (χ2n) is 5.41. The van der Waals surface area contributed by atoms with Gasteiger partial charge in [-0.15, -0.1) is 0 Å². The van der Waals surface area contributed by atoms with E-state index in [0.29, 0.717) is 12.0 Å². The van der Waals surface area contributed by atoms with E-state index in [-0.39, 0.29) is 0 Å². The molecule has 102 valence electrons. The van der Waals surface area contributed by atoms with Crippen LogP contribution in [-0.2, 0) is 13.1 Å². The molecule has 0 aliphatic carbocycles. The van der Waals surface area contributed by atoms with Crippen molar-refractivity contribution in [1.82, 2.24) is 15.1 Å². The molecule has 19 heavy (non-hydrogen) atoms. The zero-order valence-corrected chi connectivity index (χ0v) is 12.0. The molecule has 0 amide bonds. The molecule has 2 aromatic rings. The molecule has 0 spiro atoms. The van der Waals surface area contributed by atoms with Crippen LogP contribution in [-0.4, -0.2) is 15.8 Å². The summed E-state index contributed by atoms with van der Waals surface area (Å²) in [5.74, 6) is 0.598. The van der Waals surface area contributed by atoms with Gasteiger partial charge >= 0.3 is 0 Å². The van der Waals surface area contributed by atoms with E-state index >= 15 is 0 Å². The van der Waals surface area contributed by atoms with Crippen molar-refractivity contribution in [2.75, 3.05) is 0 Å². The van der Waals surface area contributed by atoms with Crippen LogP contribution in [0.4, 0.5) is 0 Å². The van der Waals surface area contributed by atoms with E-state index in [4.69, 9.17) is 0 Å². The molecular formula is C16H23N3. The van der Waals surface area contributed by atoms with Gasteiger partial charge in [0.1, 0.15) is 0 Å². The third-order valence-corrected chi connectivity index (χ3v) is 3.32. The molecule has 3 heteroatoms. The minimum absolute atomic E-state index is 0.407. The van der Waals surface area contributed by atoms with Crippen LogP contribution in [0.5, 0.6) is 0 Å². The summed E-state index contributed by atoms with van der Waals surface area (Å²) in [4.78, 5) is 0. The van der Waals surface area contributed by atoms with Gasteiger partial charge in [-0.2, -0.15) is 5.10 Å². The first-order valence-electron chi connectivity index (χ1n) is 6.95. The number of rotatable bonds is 6. The maximum absolute atomic E-state index is 4.22. The maximum atomic E-state index is 4.22. The molecule has 1 N–H and O–H groups in total. The molecule has 0 radical (unpaired) electrons. The van der Waals surface area contributed by atoms with Crippen LogP contribution < -0.4 is 5.32 Å². The smallest absolute Gasteiger partial charge is 0.0560 e. The fourth-order valence-corrected chi connectivity index (χ4v) is 2.07. The summed E-state index contributed by atoms with van der Waals surface area (Å²) in [7, 11) is 0. The third-order valence-electron chi connectivity index (χ3n) is 3.32. The van der Waals surface area contributed by atoms with Crippen LogP contribution in [0.15, 0.2) is 42.7 Å². The summed E-state index contributed by atoms with van der Waals surface area (Å²) in [5, 5.41) is 7.74. The highest BCUT2D eigenvalue weighted by Crippen LogP contribution is 2.14. The van der Waals surface area contributed by atoms with E-state index in [9.17, 15) is 0 Å². The molecule has 1 aromatic carbocycles. The van der Waals surface area contributed by atoms with Gasteiger partial charge in [0.05, 0.1) is 6.54 Å². The van der Waals surface area contributed by atoms with Crippen LogP contribution >= 0.6 is 0 Å². The summed E-state index contributed by atoms with van der Waals surface area (Å²) >= 11 is 0. The normalized spacial score (nSPS) is 12.8. The number of hydrogen-bond acceptors (Lipinski definition) is 2. The van der Waals surface area contributed by atoms with Crippen LogP contribution in [0.2, 0.25) is 0 Å². The highest BCUT2D eigenvalue weighted by atomic mass is 15.3. The molecule has 1 aromatic heterocycles. The Balaban J connectivity index is 1.81. The first-order valence-corrected chi connectivity index (χ1v) is 6.95. The molecule has 0 saturated heterocycles. The van der Waals surface area contributed by atoms with Gasteiger partial charge in [-0.25, -0.2) is 0 Å². The summed E-state index contributed by atoms with van der Waals surface area (Å²) in [6.07, 6.45) is 3.81. The van der Waals surface area contributed by atoms with Crippen LogP contribution in [0.3, 0.4) is 0 Å². The zero-order valence-electron chi connectivity index (χ0n) is 12.0. The van der Waals surface area contributed by atoms with E-state index in [2.05, 4.69) is 55.5 Å². The third kappa shape index (κ3) is 4.21. The van der Waals surface area contributed by atoms with Crippen LogP contribution in [0, 0.1) is 0 Å². The fourth-order valence-electron chi connectivity index (χ4n) is 2.07. The first-order chi connectivity index (χ1) is 9.15. The Bertz CT molecular complexity index is 471. The average molecular weight is 257 g/mol. The molecule has 0 aliphatic heterocycles. The highest BCUT2D eigenvalue weighted by Gasteiger charge is 2.03. The molecule has 0 saturated carbocycles. The van der Waals surface area contributed by atoms with Gasteiger partial charge in [0.15, 0.2) is 0 Å². The topological polar surface area (TPSA) is 29.9 Å². The van der Waals surface area contributed by atoms with Crippen molar-refractivity contribution in [1.29, 1.82) is 0 Å². The average Bonchev–Trinajstić information content (AvgIpc) is 2.89. The van der Waals surface area contributed by atoms with Gasteiger partial charge in [0.2, 0.25) is 0 Å². The quantitative estimate of drug-likeness (QED) is 0.861. The molecule has 0 aliphatic rings. The summed E-state index contributed by atoms with van der Waals surface area (Å²) < 4.78 is 1.96. The lowest BCUT2D eigenvalue weighted by atomic mass is 10.0. The summed E-state index contributed by atoms with van der Waals surface area (Å²) in [6, 6.07) is 11.2. The van der Waals surface area contributed by atoms with Gasteiger partial charge in [0.25, 0.3) is 0 Å². The van der Waals surface area contributed by atoms with E-state index in [1.807, 2.05) is 23.1 Å². The Hall–Kier alpha value is -1.61. The molecule has 2 rings (SSSR count). The lowest BCUT2D eigenvalue weighted by Crippen LogP contribution is -2.30. The van der Waals surface area contributed by atoms with E-state index in [1.165, 1.54) is 11.1 Å². The van der Waals surface area contributed by atoms with E-state index in [0.717, 1.165) is 13.1 Å². The van der Waals surface area contributed by atoms with Crippen LogP contribution in [0.25, 0.3) is 0 Å². The molecule has 0 bridgehead atoms. The zero-order chi connectivity index (χ0) is 13.7. The SMILES string of the molecule is CC(Cn1cccn1)NCc1ccc(C(C)C)cc1. The number of aromatic nitrogens is 2. The molecule has 3 nitrogen and oxygen atoms in total. The van der Waals surface area contributed by atoms with E-state index in [1.54, 1.807) is 0 Å². The maximum Gasteiger partial charge on any atom is 0.0560 e. The number of nitrogens with one attached hydrogen (secondary N) is 1. The predicted molar refractivity (Wildman–Crippen MR) is 79.1 cm³/mol. The molecular weight excluding hydrogens is 234 g/mol. The van der Waals surface area contributed by atoms with Gasteiger partial charge < -0.3 is 5.32 Å². The summed E-state index contributed by atoms with van der Waals surface area (Å²) in [6.45, 7) is 8.43. The second-order valence-corrected chi connectivity index (χ2v) is 5.41. The minimum Gasteiger partial charge on any atom is -0.308 e. The number of nitrogens with zero attached hydrogens (tertiary/aromatic N) is 2. The summed E-state index contributed by atoms with van der Waals surface area (Å²) in [5.41, 5.74) is 2.73. The van der Waals surface area contributed by atoms with Crippen molar-refractivity contribution in [3.8, 4) is 0 Å². The highest BCUT2D eigenvalue weighted by molar-refractivity contribution is 5.24. The molecule has 1 heterocycles. The van der Waals surface area contributed by atoms with Crippen LogP contribution in [0.1, 0.15) is 37.8 Å². The number of hydrogen-bond donors (Lipinski definition) is 1. The van der Waals surface area contributed by atoms with Gasteiger partial charge in [-0.05, 0) is 30.0 Å². The molecule has 1 atom stereocenters. The molecule has 1 unspecified atom stereocenters. The number of benzene rings is 1. The predicted octanol–water partition coefficient (Wildman–Crippen LogP) is 3.18. The van der Waals surface area contributed by atoms with Gasteiger partial charge in [-0.3, -0.25) is 4.68 Å². The minimum atomic E-state index is 0.407. The standard InChI is InChI=1S/C16H23N3/c1-13(2)16-7-5-15(6-8-16)11-17-14(3)12-19-10-4-9-18-19/h4-10,13-14,17H,11-12H2,1-3H3. The Morgan fingerprint density at radius 2 is 1.89 bits per heavy atom. The lowest BCUT2D eigenvalue weighted by Gasteiger charge is -2.14. The second kappa shape index (κ2) is 6.53. The van der Waals surface area contributed by atoms with Crippen molar-refractivity contribution >= 4 is 0 Å². The largest absolute Gasteiger partial charge is 0.308 e. The van der Waals surface area contributed by atoms with E-state index < -0.39 is 0 Å². The van der Waals surface area contributed by atoms with Crippen molar-refractivity contribution < 1.29 is 0 Å². The Kier molecular flexibility index (Phi) is 4.74. The Labute approximate surface area is 115 Å². The van der Waals surface area contributed by atoms with Gasteiger partial charge in [0, 0.05) is 25.0 Å². The van der Waals surface area contributed by atoms with Crippen molar-refractivity contribution in [3.63, 3.8) is 0 Å². The lowest BCUT2D eigenvalue weighted by molar-refractivity contribution is 0.451. The Morgan fingerprint density at radius 1 is 1.16 bits per heavy atom. The Morgan fingerprint density at radius 3 is 2.47 bits per heavy atom. The van der Waals surface area contributed by atoms with Crippen molar-refractivity contribution in [3.05, 3.63) is 53.9 Å². The fraction of sp³-hybridized carbons (Fsp3) is 0.438. The van der Waals surface area contributed by atoms with Gasteiger partial charge in [-0.1, -0.05) is 38.1 Å². The molecule has 0 fully saturated rings.